The third-order valence-corrected chi connectivity index (χ3v) is 2.93. The summed E-state index contributed by atoms with van der Waals surface area (Å²) in [5, 5.41) is 0. The fourth-order valence-electron chi connectivity index (χ4n) is 1.83. The van der Waals surface area contributed by atoms with Gasteiger partial charge in [0.25, 0.3) is 0 Å². The maximum atomic E-state index is 4.14. The minimum Gasteiger partial charge on any atom is -0.249 e. The molecule has 0 fully saturated rings. The van der Waals surface area contributed by atoms with Crippen molar-refractivity contribution in [2.45, 2.75) is 13.8 Å². The van der Waals surface area contributed by atoms with Crippen molar-refractivity contribution in [3.8, 4) is 11.1 Å². The van der Waals surface area contributed by atoms with Gasteiger partial charge in [-0.2, -0.15) is 0 Å². The lowest BCUT2D eigenvalue weighted by molar-refractivity contribution is 1.27. The van der Waals surface area contributed by atoms with Crippen molar-refractivity contribution < 1.29 is 0 Å². The summed E-state index contributed by atoms with van der Waals surface area (Å²) in [6, 6.07) is 10.5. The zero-order valence-electron chi connectivity index (χ0n) is 8.79. The molecule has 2 heteroatoms. The van der Waals surface area contributed by atoms with Crippen molar-refractivity contribution in [2.75, 3.05) is 0 Å². The summed E-state index contributed by atoms with van der Waals surface area (Å²) < 4.78 is 0.877. The van der Waals surface area contributed by atoms with Crippen molar-refractivity contribution in [2.24, 2.45) is 0 Å². The highest BCUT2D eigenvalue weighted by atomic mass is 79.9. The van der Waals surface area contributed by atoms with Gasteiger partial charge in [0.2, 0.25) is 0 Å². The monoisotopic (exact) mass is 261 g/mol. The molecular formula is C13H12BrN. The SMILES string of the molecule is Cc1cccc(C)c1-c1ccnc(Br)c1. The first-order valence-corrected chi connectivity index (χ1v) is 5.66. The van der Waals surface area contributed by atoms with Gasteiger partial charge < -0.3 is 0 Å². The summed E-state index contributed by atoms with van der Waals surface area (Å²) in [4.78, 5) is 4.14. The molecule has 0 saturated carbocycles. The van der Waals surface area contributed by atoms with Crippen LogP contribution in [0.5, 0.6) is 0 Å². The second-order valence-electron chi connectivity index (χ2n) is 3.63. The molecule has 0 bridgehead atoms. The predicted octanol–water partition coefficient (Wildman–Crippen LogP) is 4.13. The van der Waals surface area contributed by atoms with Gasteiger partial charge in [0.1, 0.15) is 4.60 Å². The Morgan fingerprint density at radius 2 is 1.73 bits per heavy atom. The summed E-state index contributed by atoms with van der Waals surface area (Å²) >= 11 is 3.40. The number of hydrogen-bond acceptors (Lipinski definition) is 1. The van der Waals surface area contributed by atoms with Crippen LogP contribution in [-0.4, -0.2) is 4.98 Å². The normalized spacial score (nSPS) is 10.3. The average molecular weight is 262 g/mol. The largest absolute Gasteiger partial charge is 0.249 e. The first-order chi connectivity index (χ1) is 7.18. The first kappa shape index (κ1) is 10.4. The van der Waals surface area contributed by atoms with Crippen molar-refractivity contribution in [3.05, 3.63) is 52.3 Å². The van der Waals surface area contributed by atoms with Crippen LogP contribution < -0.4 is 0 Å². The Morgan fingerprint density at radius 3 is 2.33 bits per heavy atom. The third-order valence-electron chi connectivity index (χ3n) is 2.50. The second kappa shape index (κ2) is 4.15. The van der Waals surface area contributed by atoms with Crippen LogP contribution in [0.25, 0.3) is 11.1 Å². The average Bonchev–Trinajstić information content (AvgIpc) is 2.17. The highest BCUT2D eigenvalue weighted by Gasteiger charge is 2.05. The van der Waals surface area contributed by atoms with E-state index in [4.69, 9.17) is 0 Å². The van der Waals surface area contributed by atoms with Crippen LogP contribution in [0.1, 0.15) is 11.1 Å². The summed E-state index contributed by atoms with van der Waals surface area (Å²) in [5.74, 6) is 0. The Morgan fingerprint density at radius 1 is 1.07 bits per heavy atom. The number of hydrogen-bond donors (Lipinski definition) is 0. The summed E-state index contributed by atoms with van der Waals surface area (Å²) in [6.07, 6.45) is 1.82. The van der Waals surface area contributed by atoms with Gasteiger partial charge in [-0.15, -0.1) is 0 Å². The minimum absolute atomic E-state index is 0.877. The lowest BCUT2D eigenvalue weighted by Gasteiger charge is -2.09. The lowest BCUT2D eigenvalue weighted by atomic mass is 9.97. The zero-order chi connectivity index (χ0) is 10.8. The van der Waals surface area contributed by atoms with Crippen LogP contribution in [0.15, 0.2) is 41.1 Å². The smallest absolute Gasteiger partial charge is 0.106 e. The van der Waals surface area contributed by atoms with Gasteiger partial charge in [0, 0.05) is 6.20 Å². The number of aryl methyl sites for hydroxylation is 2. The Hall–Kier alpha value is -1.15. The Labute approximate surface area is 98.3 Å². The molecule has 0 atom stereocenters. The fourth-order valence-corrected chi connectivity index (χ4v) is 2.19. The molecular weight excluding hydrogens is 250 g/mol. The molecule has 0 amide bonds. The van der Waals surface area contributed by atoms with Gasteiger partial charge in [-0.3, -0.25) is 0 Å². The topological polar surface area (TPSA) is 12.9 Å². The van der Waals surface area contributed by atoms with Crippen molar-refractivity contribution >= 4 is 15.9 Å². The highest BCUT2D eigenvalue weighted by Crippen LogP contribution is 2.27. The van der Waals surface area contributed by atoms with E-state index in [2.05, 4.69) is 59.0 Å². The van der Waals surface area contributed by atoms with Gasteiger partial charge >= 0.3 is 0 Å². The molecule has 1 heterocycles. The van der Waals surface area contributed by atoms with Crippen LogP contribution >= 0.6 is 15.9 Å². The second-order valence-corrected chi connectivity index (χ2v) is 4.45. The zero-order valence-corrected chi connectivity index (χ0v) is 10.4. The molecule has 0 aliphatic rings. The maximum Gasteiger partial charge on any atom is 0.106 e. The molecule has 0 saturated heterocycles. The number of pyridine rings is 1. The standard InChI is InChI=1S/C13H12BrN/c1-9-4-3-5-10(2)13(9)11-6-7-15-12(14)8-11/h3-8H,1-2H3. The molecule has 1 aromatic heterocycles. The number of halogens is 1. The number of aromatic nitrogens is 1. The Balaban J connectivity index is 2.63. The van der Waals surface area contributed by atoms with E-state index in [1.54, 1.807) is 0 Å². The highest BCUT2D eigenvalue weighted by molar-refractivity contribution is 9.10. The quantitative estimate of drug-likeness (QED) is 0.704. The molecule has 2 rings (SSSR count). The minimum atomic E-state index is 0.877. The van der Waals surface area contributed by atoms with Crippen molar-refractivity contribution in [1.29, 1.82) is 0 Å². The van der Waals surface area contributed by atoms with E-state index in [1.165, 1.54) is 22.3 Å². The van der Waals surface area contributed by atoms with Crippen LogP contribution in [0.2, 0.25) is 0 Å². The molecule has 0 unspecified atom stereocenters. The molecule has 15 heavy (non-hydrogen) atoms. The number of benzene rings is 1. The van der Waals surface area contributed by atoms with Crippen LogP contribution in [-0.2, 0) is 0 Å². The van der Waals surface area contributed by atoms with Gasteiger partial charge in [0.15, 0.2) is 0 Å². The first-order valence-electron chi connectivity index (χ1n) is 4.86. The molecule has 0 aliphatic heterocycles. The van der Waals surface area contributed by atoms with Crippen molar-refractivity contribution in [1.82, 2.24) is 4.98 Å². The third kappa shape index (κ3) is 2.10. The maximum absolute atomic E-state index is 4.14. The van der Waals surface area contributed by atoms with Gasteiger partial charge in [-0.25, -0.2) is 4.98 Å². The van der Waals surface area contributed by atoms with Crippen LogP contribution in [0.3, 0.4) is 0 Å². The molecule has 0 radical (unpaired) electrons. The van der Waals surface area contributed by atoms with Crippen LogP contribution in [0, 0.1) is 13.8 Å². The molecule has 1 nitrogen and oxygen atoms in total. The van der Waals surface area contributed by atoms with E-state index < -0.39 is 0 Å². The number of rotatable bonds is 1. The Kier molecular flexibility index (Phi) is 2.87. The van der Waals surface area contributed by atoms with Gasteiger partial charge in [-0.1, -0.05) is 18.2 Å². The molecule has 0 spiro atoms. The lowest BCUT2D eigenvalue weighted by Crippen LogP contribution is -1.88. The summed E-state index contributed by atoms with van der Waals surface area (Å²) in [5.41, 5.74) is 5.12. The summed E-state index contributed by atoms with van der Waals surface area (Å²) in [6.45, 7) is 4.27. The van der Waals surface area contributed by atoms with E-state index in [9.17, 15) is 0 Å². The molecule has 76 valence electrons. The van der Waals surface area contributed by atoms with E-state index >= 15 is 0 Å². The van der Waals surface area contributed by atoms with Crippen molar-refractivity contribution in [3.63, 3.8) is 0 Å². The molecule has 1 aromatic carbocycles. The number of nitrogens with zero attached hydrogens (tertiary/aromatic N) is 1. The van der Waals surface area contributed by atoms with E-state index in [-0.39, 0.29) is 0 Å². The van der Waals surface area contributed by atoms with Gasteiger partial charge in [-0.05, 0) is 64.2 Å². The fraction of sp³-hybridized carbons (Fsp3) is 0.154. The van der Waals surface area contributed by atoms with Gasteiger partial charge in [0.05, 0.1) is 0 Å². The Bertz CT molecular complexity index is 471. The predicted molar refractivity (Wildman–Crippen MR) is 66.8 cm³/mol. The van der Waals surface area contributed by atoms with E-state index in [0.29, 0.717) is 0 Å². The molecule has 0 N–H and O–H groups in total. The molecule has 0 aliphatic carbocycles. The summed E-state index contributed by atoms with van der Waals surface area (Å²) in [7, 11) is 0. The van der Waals surface area contributed by atoms with E-state index in [1.807, 2.05) is 12.3 Å². The van der Waals surface area contributed by atoms with E-state index in [0.717, 1.165) is 4.60 Å². The van der Waals surface area contributed by atoms with Crippen LogP contribution in [0.4, 0.5) is 0 Å². The molecule has 2 aromatic rings.